The third-order valence-corrected chi connectivity index (χ3v) is 0.973. The van der Waals surface area contributed by atoms with Gasteiger partial charge in [0.2, 0.25) is 0 Å². The lowest BCUT2D eigenvalue weighted by molar-refractivity contribution is -0.155. The standard InChI is InChI=1S/C7H13N3O2/c1-5(9-10-8)6(11)12-7(2,3)4/h5H,1-4H3. The second-order valence-corrected chi connectivity index (χ2v) is 3.41. The van der Waals surface area contributed by atoms with Crippen molar-refractivity contribution in [3.05, 3.63) is 10.4 Å². The first-order chi connectivity index (χ1) is 5.37. The summed E-state index contributed by atoms with van der Waals surface area (Å²) in [6.45, 7) is 6.77. The number of hydrogen-bond donors (Lipinski definition) is 0. The molecule has 0 bridgehead atoms. The molecule has 68 valence electrons. The van der Waals surface area contributed by atoms with E-state index in [1.54, 1.807) is 20.8 Å². The van der Waals surface area contributed by atoms with E-state index in [4.69, 9.17) is 10.3 Å². The second kappa shape index (κ2) is 3.97. The summed E-state index contributed by atoms with van der Waals surface area (Å²) in [5.74, 6) is -0.500. The average Bonchev–Trinajstić information content (AvgIpc) is 1.84. The number of azide groups is 1. The van der Waals surface area contributed by atoms with Crippen molar-refractivity contribution in [3.63, 3.8) is 0 Å². The average molecular weight is 171 g/mol. The molecule has 12 heavy (non-hydrogen) atoms. The molecular weight excluding hydrogens is 158 g/mol. The van der Waals surface area contributed by atoms with E-state index in [9.17, 15) is 4.79 Å². The summed E-state index contributed by atoms with van der Waals surface area (Å²) in [6.07, 6.45) is 0. The molecule has 0 aromatic rings. The Morgan fingerprint density at radius 1 is 1.58 bits per heavy atom. The highest BCUT2D eigenvalue weighted by molar-refractivity contribution is 5.75. The van der Waals surface area contributed by atoms with Crippen LogP contribution in [-0.4, -0.2) is 17.6 Å². The van der Waals surface area contributed by atoms with Crippen LogP contribution in [0.2, 0.25) is 0 Å². The van der Waals surface area contributed by atoms with Crippen molar-refractivity contribution in [1.82, 2.24) is 0 Å². The van der Waals surface area contributed by atoms with Gasteiger partial charge in [-0.05, 0) is 33.2 Å². The maximum atomic E-state index is 11.1. The molecule has 1 atom stereocenters. The highest BCUT2D eigenvalue weighted by Crippen LogP contribution is 2.09. The molecule has 0 N–H and O–H groups in total. The molecule has 0 aromatic heterocycles. The molecular formula is C7H13N3O2. The largest absolute Gasteiger partial charge is 0.460 e. The Bertz CT molecular complexity index is 213. The Labute approximate surface area is 71.3 Å². The Morgan fingerprint density at radius 2 is 2.08 bits per heavy atom. The van der Waals surface area contributed by atoms with E-state index in [-0.39, 0.29) is 0 Å². The summed E-state index contributed by atoms with van der Waals surface area (Å²) in [5, 5.41) is 3.21. The lowest BCUT2D eigenvalue weighted by Gasteiger charge is -2.20. The number of esters is 1. The number of hydrogen-bond acceptors (Lipinski definition) is 3. The van der Waals surface area contributed by atoms with Crippen molar-refractivity contribution in [2.45, 2.75) is 39.3 Å². The van der Waals surface area contributed by atoms with Gasteiger partial charge in [-0.25, -0.2) is 0 Å². The molecule has 5 heteroatoms. The highest BCUT2D eigenvalue weighted by Gasteiger charge is 2.20. The number of rotatable bonds is 2. The van der Waals surface area contributed by atoms with E-state index in [0.29, 0.717) is 0 Å². The van der Waals surface area contributed by atoms with Crippen molar-refractivity contribution >= 4 is 5.97 Å². The molecule has 0 aromatic carbocycles. The van der Waals surface area contributed by atoms with Crippen LogP contribution in [-0.2, 0) is 9.53 Å². The van der Waals surface area contributed by atoms with Gasteiger partial charge in [-0.15, -0.1) is 0 Å². The Balaban J connectivity index is 4.14. The minimum atomic E-state index is -0.755. The SMILES string of the molecule is CC(N=[N+]=[N-])C(=O)OC(C)(C)C. The number of ether oxygens (including phenoxy) is 1. The monoisotopic (exact) mass is 171 g/mol. The molecule has 0 spiro atoms. The van der Waals surface area contributed by atoms with Gasteiger partial charge in [0.1, 0.15) is 11.6 Å². The fourth-order valence-electron chi connectivity index (χ4n) is 0.512. The van der Waals surface area contributed by atoms with Crippen LogP contribution in [0.5, 0.6) is 0 Å². The first-order valence-electron chi connectivity index (χ1n) is 3.64. The van der Waals surface area contributed by atoms with Gasteiger partial charge in [-0.1, -0.05) is 5.11 Å². The first-order valence-corrected chi connectivity index (χ1v) is 3.64. The molecule has 0 rings (SSSR count). The van der Waals surface area contributed by atoms with Crippen LogP contribution in [0, 0.1) is 0 Å². The van der Waals surface area contributed by atoms with Crippen molar-refractivity contribution in [1.29, 1.82) is 0 Å². The first kappa shape index (κ1) is 10.8. The maximum absolute atomic E-state index is 11.1. The van der Waals surface area contributed by atoms with Gasteiger partial charge in [-0.2, -0.15) is 0 Å². The smallest absolute Gasteiger partial charge is 0.315 e. The highest BCUT2D eigenvalue weighted by atomic mass is 16.6. The molecule has 0 fully saturated rings. The zero-order chi connectivity index (χ0) is 9.78. The number of nitrogens with zero attached hydrogens (tertiary/aromatic N) is 3. The molecule has 0 aliphatic carbocycles. The van der Waals surface area contributed by atoms with Crippen molar-refractivity contribution < 1.29 is 9.53 Å². The maximum Gasteiger partial charge on any atom is 0.315 e. The molecule has 0 saturated heterocycles. The van der Waals surface area contributed by atoms with Gasteiger partial charge in [0.05, 0.1) is 0 Å². The van der Waals surface area contributed by atoms with Crippen LogP contribution in [0.15, 0.2) is 5.11 Å². The van der Waals surface area contributed by atoms with E-state index in [0.717, 1.165) is 0 Å². The lowest BCUT2D eigenvalue weighted by atomic mass is 10.2. The Kier molecular flexibility index (Phi) is 3.57. The third kappa shape index (κ3) is 4.57. The van der Waals surface area contributed by atoms with E-state index in [2.05, 4.69) is 10.0 Å². The van der Waals surface area contributed by atoms with Gasteiger partial charge >= 0.3 is 5.97 Å². The summed E-state index contributed by atoms with van der Waals surface area (Å²) in [7, 11) is 0. The molecule has 0 heterocycles. The quantitative estimate of drug-likeness (QED) is 0.276. The minimum absolute atomic E-state index is 0.500. The van der Waals surface area contributed by atoms with Gasteiger partial charge in [0.15, 0.2) is 0 Å². The zero-order valence-corrected chi connectivity index (χ0v) is 7.74. The van der Waals surface area contributed by atoms with Crippen LogP contribution in [0.3, 0.4) is 0 Å². The molecule has 5 nitrogen and oxygen atoms in total. The topological polar surface area (TPSA) is 75.1 Å². The van der Waals surface area contributed by atoms with Crippen LogP contribution in [0.25, 0.3) is 10.4 Å². The predicted molar refractivity (Wildman–Crippen MR) is 44.5 cm³/mol. The lowest BCUT2D eigenvalue weighted by Crippen LogP contribution is -2.29. The van der Waals surface area contributed by atoms with Crippen LogP contribution in [0.4, 0.5) is 0 Å². The zero-order valence-electron chi connectivity index (χ0n) is 7.74. The van der Waals surface area contributed by atoms with E-state index in [1.807, 2.05) is 0 Å². The molecule has 0 amide bonds. The van der Waals surface area contributed by atoms with E-state index >= 15 is 0 Å². The Hall–Kier alpha value is -1.22. The van der Waals surface area contributed by atoms with E-state index in [1.165, 1.54) is 6.92 Å². The predicted octanol–water partition coefficient (Wildman–Crippen LogP) is 2.03. The van der Waals surface area contributed by atoms with Gasteiger partial charge in [0.25, 0.3) is 0 Å². The molecule has 0 saturated carbocycles. The number of carbonyl (C=O) groups is 1. The fraction of sp³-hybridized carbons (Fsp3) is 0.857. The van der Waals surface area contributed by atoms with Gasteiger partial charge in [0, 0.05) is 4.91 Å². The summed E-state index contributed by atoms with van der Waals surface area (Å²) in [6, 6.07) is -0.755. The van der Waals surface area contributed by atoms with E-state index < -0.39 is 17.6 Å². The van der Waals surface area contributed by atoms with Gasteiger partial charge in [-0.3, -0.25) is 4.79 Å². The minimum Gasteiger partial charge on any atom is -0.460 e. The summed E-state index contributed by atoms with van der Waals surface area (Å²) >= 11 is 0. The third-order valence-electron chi connectivity index (χ3n) is 0.973. The van der Waals surface area contributed by atoms with Crippen LogP contribution >= 0.6 is 0 Å². The van der Waals surface area contributed by atoms with Crippen LogP contribution in [0.1, 0.15) is 27.7 Å². The summed E-state index contributed by atoms with van der Waals surface area (Å²) < 4.78 is 4.95. The molecule has 0 radical (unpaired) electrons. The molecule has 1 unspecified atom stereocenters. The van der Waals surface area contributed by atoms with Gasteiger partial charge < -0.3 is 4.74 Å². The van der Waals surface area contributed by atoms with Crippen molar-refractivity contribution in [2.24, 2.45) is 5.11 Å². The van der Waals surface area contributed by atoms with Crippen molar-refractivity contribution in [3.8, 4) is 0 Å². The fourth-order valence-corrected chi connectivity index (χ4v) is 0.512. The molecule has 0 aliphatic heterocycles. The normalized spacial score (nSPS) is 13.0. The summed E-state index contributed by atoms with van der Waals surface area (Å²) in [5.41, 5.74) is 7.50. The summed E-state index contributed by atoms with van der Waals surface area (Å²) in [4.78, 5) is 13.6. The second-order valence-electron chi connectivity index (χ2n) is 3.41. The molecule has 0 aliphatic rings. The van der Waals surface area contributed by atoms with Crippen molar-refractivity contribution in [2.75, 3.05) is 0 Å². The van der Waals surface area contributed by atoms with Crippen LogP contribution < -0.4 is 0 Å². The Morgan fingerprint density at radius 3 is 2.42 bits per heavy atom. The number of carbonyl (C=O) groups excluding carboxylic acids is 1.